The van der Waals surface area contributed by atoms with Crippen molar-refractivity contribution in [2.24, 2.45) is 0 Å². The molecule has 1 N–H and O–H groups in total. The van der Waals surface area contributed by atoms with Crippen molar-refractivity contribution >= 4 is 22.5 Å². The molecule has 0 aromatic heterocycles. The van der Waals surface area contributed by atoms with Crippen LogP contribution < -0.4 is 4.90 Å². The average molecular weight is 301 g/mol. The van der Waals surface area contributed by atoms with Gasteiger partial charge in [0.05, 0.1) is 4.90 Å². The fraction of sp³-hybridized carbons (Fsp3) is 0.294. The highest BCUT2D eigenvalue weighted by molar-refractivity contribution is 7.79. The van der Waals surface area contributed by atoms with Gasteiger partial charge in [-0.2, -0.15) is 0 Å². The lowest BCUT2D eigenvalue weighted by Gasteiger charge is -2.31. The maximum atomic E-state index is 11.3. The number of anilines is 2. The molecule has 4 heteroatoms. The largest absolute Gasteiger partial charge is 0.338 e. The van der Waals surface area contributed by atoms with Gasteiger partial charge in [-0.15, -0.1) is 0 Å². The molecule has 0 saturated carbocycles. The summed E-state index contributed by atoms with van der Waals surface area (Å²) in [7, 11) is 0. The number of benzene rings is 2. The Morgan fingerprint density at radius 2 is 1.81 bits per heavy atom. The Morgan fingerprint density at radius 1 is 1.14 bits per heavy atom. The minimum Gasteiger partial charge on any atom is -0.338 e. The van der Waals surface area contributed by atoms with Gasteiger partial charge in [-0.05, 0) is 42.8 Å². The third-order valence-corrected chi connectivity index (χ3v) is 5.25. The summed E-state index contributed by atoms with van der Waals surface area (Å²) in [6, 6.07) is 16.1. The summed E-state index contributed by atoms with van der Waals surface area (Å²) in [5, 5.41) is 0. The third kappa shape index (κ3) is 2.19. The monoisotopic (exact) mass is 301 g/mol. The van der Waals surface area contributed by atoms with Crippen molar-refractivity contribution in [1.29, 1.82) is 0 Å². The zero-order valence-electron chi connectivity index (χ0n) is 12.4. The lowest BCUT2D eigenvalue weighted by molar-refractivity contribution is 0.461. The predicted octanol–water partition coefficient (Wildman–Crippen LogP) is 4.09. The highest BCUT2D eigenvalue weighted by atomic mass is 32.2. The smallest absolute Gasteiger partial charge is 0.186 e. The van der Waals surface area contributed by atoms with Gasteiger partial charge in [-0.3, -0.25) is 0 Å². The van der Waals surface area contributed by atoms with E-state index < -0.39 is 11.1 Å². The van der Waals surface area contributed by atoms with Gasteiger partial charge in [0.2, 0.25) is 0 Å². The van der Waals surface area contributed by atoms with Gasteiger partial charge in [-0.25, -0.2) is 4.21 Å². The van der Waals surface area contributed by atoms with Crippen LogP contribution in [0.4, 0.5) is 11.4 Å². The molecular formula is C17H19NO2S. The van der Waals surface area contributed by atoms with Gasteiger partial charge >= 0.3 is 0 Å². The number of fused-ring (bicyclic) bond motifs is 1. The van der Waals surface area contributed by atoms with E-state index in [0.717, 1.165) is 16.9 Å². The fourth-order valence-electron chi connectivity index (χ4n) is 3.06. The van der Waals surface area contributed by atoms with E-state index in [1.165, 1.54) is 0 Å². The Hall–Kier alpha value is -1.65. The van der Waals surface area contributed by atoms with E-state index >= 15 is 0 Å². The van der Waals surface area contributed by atoms with Crippen LogP contribution in [0.3, 0.4) is 0 Å². The van der Waals surface area contributed by atoms with Crippen LogP contribution in [0, 0.1) is 0 Å². The van der Waals surface area contributed by atoms with E-state index in [-0.39, 0.29) is 11.5 Å². The van der Waals surface area contributed by atoms with Crippen molar-refractivity contribution in [1.82, 2.24) is 0 Å². The quantitative estimate of drug-likeness (QED) is 0.850. The Morgan fingerprint density at radius 3 is 2.43 bits per heavy atom. The lowest BCUT2D eigenvalue weighted by atomic mass is 9.81. The second kappa shape index (κ2) is 4.97. The molecule has 0 spiro atoms. The van der Waals surface area contributed by atoms with Crippen LogP contribution in [0.15, 0.2) is 53.4 Å². The van der Waals surface area contributed by atoms with Crippen molar-refractivity contribution in [2.75, 3.05) is 4.90 Å². The standard InChI is InChI=1S/C17H19NO2S/c1-12-17(2,3)15-11-14(21(19)20)9-10-16(15)18(12)13-7-5-4-6-8-13/h4-12H,1-3H3,(H,19,20). The molecule has 21 heavy (non-hydrogen) atoms. The molecule has 1 aliphatic heterocycles. The molecule has 2 aromatic carbocycles. The molecular weight excluding hydrogens is 282 g/mol. The molecule has 3 nitrogen and oxygen atoms in total. The zero-order chi connectivity index (χ0) is 15.2. The summed E-state index contributed by atoms with van der Waals surface area (Å²) in [5.74, 6) is 0. The van der Waals surface area contributed by atoms with Crippen LogP contribution in [0.5, 0.6) is 0 Å². The molecule has 0 amide bonds. The molecule has 0 radical (unpaired) electrons. The maximum Gasteiger partial charge on any atom is 0.186 e. The van der Waals surface area contributed by atoms with Gasteiger partial charge in [-0.1, -0.05) is 32.0 Å². The fourth-order valence-corrected chi connectivity index (χ4v) is 3.46. The summed E-state index contributed by atoms with van der Waals surface area (Å²) in [6.07, 6.45) is 0. The number of para-hydroxylation sites is 1. The van der Waals surface area contributed by atoms with Gasteiger partial charge in [0, 0.05) is 22.8 Å². The number of rotatable bonds is 2. The van der Waals surface area contributed by atoms with Gasteiger partial charge in [0.1, 0.15) is 0 Å². The molecule has 2 aromatic rings. The van der Waals surface area contributed by atoms with Crippen molar-refractivity contribution in [3.05, 3.63) is 54.1 Å². The molecule has 0 fully saturated rings. The van der Waals surface area contributed by atoms with Gasteiger partial charge in [0.15, 0.2) is 11.1 Å². The van der Waals surface area contributed by atoms with Crippen LogP contribution in [0.25, 0.3) is 0 Å². The Kier molecular flexibility index (Phi) is 3.38. The minimum atomic E-state index is -1.94. The van der Waals surface area contributed by atoms with Crippen molar-refractivity contribution in [2.45, 2.75) is 37.1 Å². The number of nitrogens with zero attached hydrogens (tertiary/aromatic N) is 1. The molecule has 0 saturated heterocycles. The highest BCUT2D eigenvalue weighted by Crippen LogP contribution is 2.48. The Labute approximate surface area is 127 Å². The topological polar surface area (TPSA) is 40.5 Å². The van der Waals surface area contributed by atoms with E-state index in [4.69, 9.17) is 0 Å². The summed E-state index contributed by atoms with van der Waals surface area (Å²) in [5.41, 5.74) is 3.31. The van der Waals surface area contributed by atoms with Crippen molar-refractivity contribution in [3.8, 4) is 0 Å². The first kappa shape index (κ1) is 14.3. The van der Waals surface area contributed by atoms with E-state index in [0.29, 0.717) is 4.90 Å². The Bertz CT molecular complexity index is 697. The molecule has 0 bridgehead atoms. The lowest BCUT2D eigenvalue weighted by Crippen LogP contribution is -2.36. The van der Waals surface area contributed by atoms with E-state index in [1.54, 1.807) is 6.07 Å². The minimum absolute atomic E-state index is 0.0828. The molecule has 110 valence electrons. The van der Waals surface area contributed by atoms with Crippen molar-refractivity contribution < 1.29 is 8.76 Å². The predicted molar refractivity (Wildman–Crippen MR) is 86.5 cm³/mol. The van der Waals surface area contributed by atoms with E-state index in [2.05, 4.69) is 37.8 Å². The van der Waals surface area contributed by atoms with Gasteiger partial charge in [0.25, 0.3) is 0 Å². The first-order valence-electron chi connectivity index (χ1n) is 7.02. The third-order valence-electron chi connectivity index (χ3n) is 4.59. The van der Waals surface area contributed by atoms with Crippen LogP contribution in [0.1, 0.15) is 26.3 Å². The summed E-state index contributed by atoms with van der Waals surface area (Å²) >= 11 is -1.94. The van der Waals surface area contributed by atoms with E-state index in [1.807, 2.05) is 30.3 Å². The Balaban J connectivity index is 2.18. The molecule has 1 aliphatic rings. The molecule has 2 unspecified atom stereocenters. The number of hydrogen-bond acceptors (Lipinski definition) is 2. The second-order valence-electron chi connectivity index (χ2n) is 6.03. The van der Waals surface area contributed by atoms with E-state index in [9.17, 15) is 8.76 Å². The highest BCUT2D eigenvalue weighted by Gasteiger charge is 2.42. The molecule has 2 atom stereocenters. The second-order valence-corrected chi connectivity index (χ2v) is 7.00. The summed E-state index contributed by atoms with van der Waals surface area (Å²) in [6.45, 7) is 6.57. The van der Waals surface area contributed by atoms with Crippen LogP contribution in [0.2, 0.25) is 0 Å². The maximum absolute atomic E-state index is 11.3. The SMILES string of the molecule is CC1N(c2ccccc2)c2ccc(S(=O)O)cc2C1(C)C. The normalized spacial score (nSPS) is 21.1. The van der Waals surface area contributed by atoms with Crippen LogP contribution in [-0.4, -0.2) is 14.8 Å². The average Bonchev–Trinajstić information content (AvgIpc) is 2.67. The summed E-state index contributed by atoms with van der Waals surface area (Å²) < 4.78 is 20.7. The number of hydrogen-bond donors (Lipinski definition) is 1. The molecule has 3 rings (SSSR count). The first-order chi connectivity index (χ1) is 9.93. The van der Waals surface area contributed by atoms with Crippen LogP contribution >= 0.6 is 0 Å². The van der Waals surface area contributed by atoms with Crippen molar-refractivity contribution in [3.63, 3.8) is 0 Å². The molecule has 0 aliphatic carbocycles. The van der Waals surface area contributed by atoms with Crippen LogP contribution in [-0.2, 0) is 16.5 Å². The zero-order valence-corrected chi connectivity index (χ0v) is 13.2. The van der Waals surface area contributed by atoms with Gasteiger partial charge < -0.3 is 9.45 Å². The summed E-state index contributed by atoms with van der Waals surface area (Å²) in [4.78, 5) is 2.77. The molecule has 1 heterocycles. The first-order valence-corrected chi connectivity index (χ1v) is 8.13.